The lowest BCUT2D eigenvalue weighted by Gasteiger charge is -2.15. The Labute approximate surface area is 118 Å². The summed E-state index contributed by atoms with van der Waals surface area (Å²) in [7, 11) is -2.31. The van der Waals surface area contributed by atoms with Crippen LogP contribution in [0, 0.1) is 0 Å². The van der Waals surface area contributed by atoms with Gasteiger partial charge in [0, 0.05) is 6.92 Å². The molecule has 0 fully saturated rings. The van der Waals surface area contributed by atoms with Crippen molar-refractivity contribution in [3.63, 3.8) is 0 Å². The van der Waals surface area contributed by atoms with E-state index in [4.69, 9.17) is 0 Å². The zero-order valence-corrected chi connectivity index (χ0v) is 12.1. The summed E-state index contributed by atoms with van der Waals surface area (Å²) >= 11 is 0. The van der Waals surface area contributed by atoms with Crippen LogP contribution in [-0.2, 0) is 24.2 Å². The van der Waals surface area contributed by atoms with Gasteiger partial charge < -0.3 is 10.1 Å². The van der Waals surface area contributed by atoms with E-state index in [9.17, 15) is 18.0 Å². The lowest BCUT2D eigenvalue weighted by molar-refractivity contribution is -0.144. The minimum absolute atomic E-state index is 0.0382. The molecule has 110 valence electrons. The number of hydrogen-bond donors (Lipinski definition) is 1. The number of carbonyl (C=O) groups excluding carboxylic acids is 2. The average molecular weight is 299 g/mol. The number of carbonyl (C=O) groups is 2. The summed E-state index contributed by atoms with van der Waals surface area (Å²) in [5.41, 5.74) is 0. The third kappa shape index (κ3) is 4.65. The van der Waals surface area contributed by atoms with Gasteiger partial charge in [-0.2, -0.15) is 0 Å². The molecule has 0 bridgehead atoms. The van der Waals surface area contributed by atoms with Crippen molar-refractivity contribution in [1.82, 2.24) is 5.32 Å². The Morgan fingerprint density at radius 3 is 2.35 bits per heavy atom. The molecular formula is C13H17NO5S. The summed E-state index contributed by atoms with van der Waals surface area (Å²) in [4.78, 5) is 22.7. The molecule has 0 spiro atoms. The molecule has 0 saturated heterocycles. The molecular weight excluding hydrogens is 282 g/mol. The zero-order valence-electron chi connectivity index (χ0n) is 11.3. The second kappa shape index (κ2) is 7.04. The number of amides is 1. The molecule has 0 aliphatic rings. The normalized spacial score (nSPS) is 12.5. The van der Waals surface area contributed by atoms with Crippen LogP contribution in [-0.4, -0.2) is 39.2 Å². The van der Waals surface area contributed by atoms with Crippen molar-refractivity contribution in [3.8, 4) is 0 Å². The molecule has 0 aliphatic heterocycles. The van der Waals surface area contributed by atoms with Crippen molar-refractivity contribution in [2.24, 2.45) is 0 Å². The van der Waals surface area contributed by atoms with E-state index in [2.05, 4.69) is 10.1 Å². The largest absolute Gasteiger partial charge is 0.467 e. The van der Waals surface area contributed by atoms with E-state index in [-0.39, 0.29) is 17.1 Å². The highest BCUT2D eigenvalue weighted by atomic mass is 32.2. The van der Waals surface area contributed by atoms with Gasteiger partial charge in [0.25, 0.3) is 0 Å². The summed E-state index contributed by atoms with van der Waals surface area (Å²) < 4.78 is 28.7. The molecule has 0 aliphatic carbocycles. The van der Waals surface area contributed by atoms with Crippen LogP contribution in [0.3, 0.4) is 0 Å². The average Bonchev–Trinajstić information content (AvgIpc) is 2.43. The van der Waals surface area contributed by atoms with E-state index < -0.39 is 27.8 Å². The topological polar surface area (TPSA) is 89.5 Å². The van der Waals surface area contributed by atoms with E-state index in [1.165, 1.54) is 26.2 Å². The number of nitrogens with one attached hydrogen (secondary N) is 1. The number of benzene rings is 1. The van der Waals surface area contributed by atoms with Gasteiger partial charge in [-0.1, -0.05) is 18.2 Å². The second-order valence-corrected chi connectivity index (χ2v) is 6.31. The molecule has 1 amide bonds. The maximum absolute atomic E-state index is 12.1. The van der Waals surface area contributed by atoms with Crippen LogP contribution in [0.5, 0.6) is 0 Å². The molecule has 1 aromatic carbocycles. The lowest BCUT2D eigenvalue weighted by Crippen LogP contribution is -2.41. The van der Waals surface area contributed by atoms with Crippen LogP contribution in [0.1, 0.15) is 13.3 Å². The van der Waals surface area contributed by atoms with Gasteiger partial charge in [0.15, 0.2) is 9.84 Å². The Bertz CT molecular complexity index is 568. The van der Waals surface area contributed by atoms with Crippen LogP contribution < -0.4 is 5.32 Å². The Hall–Kier alpha value is -1.89. The van der Waals surface area contributed by atoms with E-state index in [1.54, 1.807) is 18.2 Å². The minimum atomic E-state index is -3.49. The number of hydrogen-bond acceptors (Lipinski definition) is 5. The highest BCUT2D eigenvalue weighted by molar-refractivity contribution is 7.91. The van der Waals surface area contributed by atoms with Crippen LogP contribution >= 0.6 is 0 Å². The van der Waals surface area contributed by atoms with Crippen molar-refractivity contribution >= 4 is 21.7 Å². The summed E-state index contributed by atoms with van der Waals surface area (Å²) in [5.74, 6) is -1.34. The first-order valence-electron chi connectivity index (χ1n) is 5.99. The molecule has 1 aromatic rings. The summed E-state index contributed by atoms with van der Waals surface area (Å²) in [6.45, 7) is 1.25. The standard InChI is InChI=1S/C13H17NO5S/c1-10(15)14-12(13(16)19-2)8-9-20(17,18)11-6-4-3-5-7-11/h3-7,12H,8-9H2,1-2H3,(H,14,15)/t12-/m1/s1. The molecule has 7 heteroatoms. The van der Waals surface area contributed by atoms with E-state index >= 15 is 0 Å². The lowest BCUT2D eigenvalue weighted by atomic mass is 10.2. The fourth-order valence-electron chi connectivity index (χ4n) is 1.66. The van der Waals surface area contributed by atoms with Gasteiger partial charge in [-0.05, 0) is 18.6 Å². The van der Waals surface area contributed by atoms with Crippen LogP contribution in [0.2, 0.25) is 0 Å². The molecule has 1 rings (SSSR count). The van der Waals surface area contributed by atoms with Crippen molar-refractivity contribution in [2.75, 3.05) is 12.9 Å². The third-order valence-corrected chi connectivity index (χ3v) is 4.40. The van der Waals surface area contributed by atoms with Crippen molar-refractivity contribution in [3.05, 3.63) is 30.3 Å². The molecule has 0 heterocycles. The number of esters is 1. The van der Waals surface area contributed by atoms with Gasteiger partial charge in [0.05, 0.1) is 17.8 Å². The van der Waals surface area contributed by atoms with Gasteiger partial charge in [-0.25, -0.2) is 13.2 Å². The van der Waals surface area contributed by atoms with E-state index in [1.807, 2.05) is 0 Å². The van der Waals surface area contributed by atoms with E-state index in [0.29, 0.717) is 0 Å². The quantitative estimate of drug-likeness (QED) is 0.774. The van der Waals surface area contributed by atoms with Gasteiger partial charge in [-0.15, -0.1) is 0 Å². The predicted octanol–water partition coefficient (Wildman–Crippen LogP) is 0.528. The second-order valence-electron chi connectivity index (χ2n) is 4.20. The molecule has 0 unspecified atom stereocenters. The third-order valence-electron chi connectivity index (χ3n) is 2.64. The molecule has 1 N–H and O–H groups in total. The Balaban J connectivity index is 2.76. The van der Waals surface area contributed by atoms with Crippen molar-refractivity contribution in [2.45, 2.75) is 24.3 Å². The molecule has 0 saturated carbocycles. The minimum Gasteiger partial charge on any atom is -0.467 e. The van der Waals surface area contributed by atoms with Crippen LogP contribution in [0.15, 0.2) is 35.2 Å². The van der Waals surface area contributed by atoms with Gasteiger partial charge >= 0.3 is 5.97 Å². The fraction of sp³-hybridized carbons (Fsp3) is 0.385. The summed E-state index contributed by atoms with van der Waals surface area (Å²) in [6, 6.07) is 6.97. The smallest absolute Gasteiger partial charge is 0.328 e. The van der Waals surface area contributed by atoms with Gasteiger partial charge in [-0.3, -0.25) is 4.79 Å². The molecule has 20 heavy (non-hydrogen) atoms. The molecule has 6 nitrogen and oxygen atoms in total. The molecule has 1 atom stereocenters. The molecule has 0 aromatic heterocycles. The first-order chi connectivity index (χ1) is 9.36. The monoisotopic (exact) mass is 299 g/mol. The maximum Gasteiger partial charge on any atom is 0.328 e. The first kappa shape index (κ1) is 16.2. The highest BCUT2D eigenvalue weighted by Crippen LogP contribution is 2.12. The van der Waals surface area contributed by atoms with Crippen LogP contribution in [0.25, 0.3) is 0 Å². The van der Waals surface area contributed by atoms with Crippen LogP contribution in [0.4, 0.5) is 0 Å². The van der Waals surface area contributed by atoms with E-state index in [0.717, 1.165) is 0 Å². The van der Waals surface area contributed by atoms with Crippen molar-refractivity contribution < 1.29 is 22.7 Å². The number of rotatable bonds is 6. The Morgan fingerprint density at radius 1 is 1.25 bits per heavy atom. The molecule has 0 radical (unpaired) electrons. The first-order valence-corrected chi connectivity index (χ1v) is 7.65. The Morgan fingerprint density at radius 2 is 1.85 bits per heavy atom. The Kier molecular flexibility index (Phi) is 5.69. The summed E-state index contributed by atoms with van der Waals surface area (Å²) in [5, 5.41) is 2.38. The SMILES string of the molecule is COC(=O)[C@@H](CCS(=O)(=O)c1ccccc1)NC(C)=O. The number of sulfone groups is 1. The predicted molar refractivity (Wildman–Crippen MR) is 72.7 cm³/mol. The number of ether oxygens (including phenoxy) is 1. The summed E-state index contributed by atoms with van der Waals surface area (Å²) in [6.07, 6.45) is -0.0382. The van der Waals surface area contributed by atoms with Gasteiger partial charge in [0.1, 0.15) is 6.04 Å². The number of methoxy groups -OCH3 is 1. The highest BCUT2D eigenvalue weighted by Gasteiger charge is 2.24. The fourth-order valence-corrected chi connectivity index (χ4v) is 3.01. The zero-order chi connectivity index (χ0) is 15.2. The van der Waals surface area contributed by atoms with Gasteiger partial charge in [0.2, 0.25) is 5.91 Å². The van der Waals surface area contributed by atoms with Crippen molar-refractivity contribution in [1.29, 1.82) is 0 Å². The maximum atomic E-state index is 12.1.